The molecule has 1 rings (SSSR count). The maximum atomic E-state index is 5.64. The van der Waals surface area contributed by atoms with Crippen molar-refractivity contribution in [2.24, 2.45) is 5.73 Å². The van der Waals surface area contributed by atoms with Crippen molar-refractivity contribution >= 4 is 16.3 Å². The topological polar surface area (TPSA) is 52.0 Å². The van der Waals surface area contributed by atoms with Crippen LogP contribution in [0, 0.1) is 0 Å². The summed E-state index contributed by atoms with van der Waals surface area (Å²) in [5.74, 6) is 0. The van der Waals surface area contributed by atoms with Gasteiger partial charge in [0.2, 0.25) is 0 Å². The van der Waals surface area contributed by atoms with Crippen molar-refractivity contribution in [1.82, 2.24) is 0 Å². The minimum Gasteiger partial charge on any atom is -0.391 e. The molecule has 1 heterocycles. The average Bonchev–Trinajstić information content (AvgIpc) is 2.34. The lowest BCUT2D eigenvalue weighted by atomic mass is 10.2. The molecule has 3 heteroatoms. The fourth-order valence-corrected chi connectivity index (χ4v) is 1.44. The first-order chi connectivity index (χ1) is 4.74. The van der Waals surface area contributed by atoms with E-state index in [1.165, 1.54) is 11.3 Å². The second-order valence-corrected chi connectivity index (χ2v) is 3.15. The summed E-state index contributed by atoms with van der Waals surface area (Å²) in [7, 11) is 0. The van der Waals surface area contributed by atoms with E-state index in [0.717, 1.165) is 9.88 Å². The summed E-state index contributed by atoms with van der Waals surface area (Å²) in [6, 6.07) is 3.71. The van der Waals surface area contributed by atoms with E-state index >= 15 is 0 Å². The van der Waals surface area contributed by atoms with Gasteiger partial charge in [0.15, 0.2) is 0 Å². The molecular weight excluding hydrogens is 144 g/mol. The fourth-order valence-electron chi connectivity index (χ4n) is 0.664. The summed E-state index contributed by atoms with van der Waals surface area (Å²) >= 11 is 1.50. The van der Waals surface area contributed by atoms with Gasteiger partial charge in [-0.05, 0) is 12.1 Å². The molecule has 1 aromatic rings. The van der Waals surface area contributed by atoms with E-state index in [9.17, 15) is 0 Å². The maximum Gasteiger partial charge on any atom is 0.0859 e. The number of thiophene rings is 1. The third-order valence-electron chi connectivity index (χ3n) is 1.23. The second-order valence-electron chi connectivity index (χ2n) is 2.00. The zero-order chi connectivity index (χ0) is 7.56. The molecule has 0 aliphatic rings. The quantitative estimate of drug-likeness (QED) is 0.634. The molecule has 0 unspecified atom stereocenters. The second kappa shape index (κ2) is 2.86. The first-order valence-electron chi connectivity index (χ1n) is 2.97. The Morgan fingerprint density at radius 2 is 2.30 bits per heavy atom. The minimum atomic E-state index is -0.0673. The standard InChI is InChI=1S/C7H10N2S/c1-2-5(8)6-3-4-7(9)10-6/h2-5H,1,8-9H2/t5-/m1/s1. The molecule has 0 aromatic carbocycles. The maximum absolute atomic E-state index is 5.64. The molecule has 1 atom stereocenters. The van der Waals surface area contributed by atoms with Crippen LogP contribution in [0.5, 0.6) is 0 Å². The summed E-state index contributed by atoms with van der Waals surface area (Å²) in [6.45, 7) is 3.59. The molecule has 2 nitrogen and oxygen atoms in total. The lowest BCUT2D eigenvalue weighted by molar-refractivity contribution is 0.940. The van der Waals surface area contributed by atoms with Crippen LogP contribution in [0.3, 0.4) is 0 Å². The molecule has 4 N–H and O–H groups in total. The SMILES string of the molecule is C=C[C@@H](N)c1ccc(N)s1. The normalized spacial score (nSPS) is 12.9. The first-order valence-corrected chi connectivity index (χ1v) is 3.79. The summed E-state index contributed by atoms with van der Waals surface area (Å²) in [5, 5.41) is 0.798. The lowest BCUT2D eigenvalue weighted by Gasteiger charge is -1.99. The molecule has 54 valence electrons. The van der Waals surface area contributed by atoms with Crippen molar-refractivity contribution in [2.45, 2.75) is 6.04 Å². The number of rotatable bonds is 2. The van der Waals surface area contributed by atoms with Crippen molar-refractivity contribution in [2.75, 3.05) is 5.73 Å². The number of nitrogens with two attached hydrogens (primary N) is 2. The molecule has 1 aromatic heterocycles. The van der Waals surface area contributed by atoms with E-state index < -0.39 is 0 Å². The third kappa shape index (κ3) is 1.37. The fraction of sp³-hybridized carbons (Fsp3) is 0.143. The highest BCUT2D eigenvalue weighted by Crippen LogP contribution is 2.23. The highest BCUT2D eigenvalue weighted by molar-refractivity contribution is 7.15. The van der Waals surface area contributed by atoms with Gasteiger partial charge in [0.05, 0.1) is 11.0 Å². The van der Waals surface area contributed by atoms with Gasteiger partial charge < -0.3 is 11.5 Å². The van der Waals surface area contributed by atoms with E-state index in [1.807, 2.05) is 12.1 Å². The van der Waals surface area contributed by atoms with Gasteiger partial charge >= 0.3 is 0 Å². The number of anilines is 1. The van der Waals surface area contributed by atoms with E-state index in [4.69, 9.17) is 11.5 Å². The Morgan fingerprint density at radius 1 is 1.60 bits per heavy atom. The van der Waals surface area contributed by atoms with Crippen molar-refractivity contribution in [1.29, 1.82) is 0 Å². The van der Waals surface area contributed by atoms with E-state index in [0.29, 0.717) is 0 Å². The molecule has 0 spiro atoms. The number of hydrogen-bond donors (Lipinski definition) is 2. The summed E-state index contributed by atoms with van der Waals surface area (Å²) in [6.07, 6.45) is 1.70. The molecule has 0 saturated heterocycles. The van der Waals surface area contributed by atoms with Crippen LogP contribution in [0.4, 0.5) is 5.00 Å². The van der Waals surface area contributed by atoms with Crippen LogP contribution in [0.25, 0.3) is 0 Å². The number of hydrogen-bond acceptors (Lipinski definition) is 3. The Bertz CT molecular complexity index is 229. The van der Waals surface area contributed by atoms with Gasteiger partial charge in [-0.3, -0.25) is 0 Å². The third-order valence-corrected chi connectivity index (χ3v) is 2.25. The van der Waals surface area contributed by atoms with Crippen LogP contribution >= 0.6 is 11.3 Å². The summed E-state index contributed by atoms with van der Waals surface area (Å²) in [5.41, 5.74) is 11.1. The molecule has 0 radical (unpaired) electrons. The van der Waals surface area contributed by atoms with Crippen LogP contribution < -0.4 is 11.5 Å². The van der Waals surface area contributed by atoms with Crippen molar-refractivity contribution in [3.05, 3.63) is 29.7 Å². The zero-order valence-electron chi connectivity index (χ0n) is 5.58. The lowest BCUT2D eigenvalue weighted by Crippen LogP contribution is -2.03. The Balaban J connectivity index is 2.84. The van der Waals surface area contributed by atoms with Crippen LogP contribution in [0.2, 0.25) is 0 Å². The molecule has 0 bridgehead atoms. The van der Waals surface area contributed by atoms with Gasteiger partial charge in [-0.25, -0.2) is 0 Å². The van der Waals surface area contributed by atoms with Crippen molar-refractivity contribution < 1.29 is 0 Å². The van der Waals surface area contributed by atoms with Gasteiger partial charge in [-0.2, -0.15) is 0 Å². The Morgan fingerprint density at radius 3 is 2.70 bits per heavy atom. The molecule has 10 heavy (non-hydrogen) atoms. The summed E-state index contributed by atoms with van der Waals surface area (Å²) < 4.78 is 0. The smallest absolute Gasteiger partial charge is 0.0859 e. The monoisotopic (exact) mass is 154 g/mol. The molecule has 0 aliphatic heterocycles. The molecule has 0 saturated carbocycles. The first kappa shape index (κ1) is 7.31. The van der Waals surface area contributed by atoms with Gasteiger partial charge in [0.1, 0.15) is 0 Å². The molecule has 0 fully saturated rings. The van der Waals surface area contributed by atoms with Crippen LogP contribution in [0.15, 0.2) is 24.8 Å². The van der Waals surface area contributed by atoms with Gasteiger partial charge in [-0.1, -0.05) is 6.08 Å². The highest BCUT2D eigenvalue weighted by Gasteiger charge is 2.02. The Hall–Kier alpha value is -0.800. The minimum absolute atomic E-state index is 0.0673. The van der Waals surface area contributed by atoms with Crippen LogP contribution in [-0.2, 0) is 0 Å². The van der Waals surface area contributed by atoms with Gasteiger partial charge in [-0.15, -0.1) is 17.9 Å². The number of nitrogen functional groups attached to an aromatic ring is 1. The zero-order valence-corrected chi connectivity index (χ0v) is 6.40. The molecule has 0 amide bonds. The Kier molecular flexibility index (Phi) is 2.09. The van der Waals surface area contributed by atoms with Crippen LogP contribution in [0.1, 0.15) is 10.9 Å². The van der Waals surface area contributed by atoms with E-state index in [1.54, 1.807) is 6.08 Å². The molecule has 0 aliphatic carbocycles. The van der Waals surface area contributed by atoms with E-state index in [-0.39, 0.29) is 6.04 Å². The van der Waals surface area contributed by atoms with E-state index in [2.05, 4.69) is 6.58 Å². The van der Waals surface area contributed by atoms with Gasteiger partial charge in [0.25, 0.3) is 0 Å². The average molecular weight is 154 g/mol. The predicted octanol–water partition coefficient (Wildman–Crippen LogP) is 1.52. The highest BCUT2D eigenvalue weighted by atomic mass is 32.1. The van der Waals surface area contributed by atoms with Crippen molar-refractivity contribution in [3.8, 4) is 0 Å². The largest absolute Gasteiger partial charge is 0.391 e. The summed E-state index contributed by atoms with van der Waals surface area (Å²) in [4.78, 5) is 1.06. The van der Waals surface area contributed by atoms with Gasteiger partial charge in [0, 0.05) is 4.88 Å². The van der Waals surface area contributed by atoms with Crippen molar-refractivity contribution in [3.63, 3.8) is 0 Å². The van der Waals surface area contributed by atoms with Crippen LogP contribution in [-0.4, -0.2) is 0 Å². The predicted molar refractivity (Wildman–Crippen MR) is 45.9 cm³/mol. The Labute approximate surface area is 64.2 Å². The molecular formula is C7H10N2S.